The summed E-state index contributed by atoms with van der Waals surface area (Å²) in [5.74, 6) is 1.55. The van der Waals surface area contributed by atoms with E-state index < -0.39 is 0 Å². The van der Waals surface area contributed by atoms with Gasteiger partial charge in [0.1, 0.15) is 0 Å². The molecular formula is C11H20N4O. The van der Waals surface area contributed by atoms with Gasteiger partial charge in [-0.1, -0.05) is 12.1 Å². The van der Waals surface area contributed by atoms with Crippen molar-refractivity contribution in [2.24, 2.45) is 5.92 Å². The summed E-state index contributed by atoms with van der Waals surface area (Å²) in [5, 5.41) is 7.02. The molecule has 5 heteroatoms. The van der Waals surface area contributed by atoms with Crippen LogP contribution in [0.25, 0.3) is 0 Å². The molecule has 90 valence electrons. The number of rotatable bonds is 6. The first kappa shape index (κ1) is 11.5. The van der Waals surface area contributed by atoms with Crippen molar-refractivity contribution in [1.29, 1.82) is 0 Å². The minimum absolute atomic E-state index is 0.745. The van der Waals surface area contributed by atoms with Gasteiger partial charge in [0.2, 0.25) is 5.89 Å². The van der Waals surface area contributed by atoms with E-state index in [0.717, 1.165) is 37.9 Å². The monoisotopic (exact) mass is 224 g/mol. The van der Waals surface area contributed by atoms with Gasteiger partial charge in [0.25, 0.3) is 0 Å². The molecular weight excluding hydrogens is 204 g/mol. The van der Waals surface area contributed by atoms with Crippen LogP contribution in [0, 0.1) is 5.92 Å². The maximum absolute atomic E-state index is 4.98. The largest absolute Gasteiger partial charge is 0.340 e. The Morgan fingerprint density at radius 3 is 3.31 bits per heavy atom. The maximum Gasteiger partial charge on any atom is 0.227 e. The second-order valence-corrected chi connectivity index (χ2v) is 4.35. The molecule has 1 aromatic rings. The van der Waals surface area contributed by atoms with E-state index in [9.17, 15) is 0 Å². The fraction of sp³-hybridized carbons (Fsp3) is 0.818. The summed E-state index contributed by atoms with van der Waals surface area (Å²) in [5.41, 5.74) is 0. The summed E-state index contributed by atoms with van der Waals surface area (Å²) in [6.45, 7) is 7.80. The van der Waals surface area contributed by atoms with E-state index in [0.29, 0.717) is 0 Å². The standard InChI is InChI=1S/C11H20N4O/c1-2-12-7-10-3-5-15(8-10)6-4-11-13-9-14-16-11/h9-10,12H,2-8H2,1H3. The fourth-order valence-corrected chi connectivity index (χ4v) is 2.19. The Bertz CT molecular complexity index is 288. The van der Waals surface area contributed by atoms with Crippen molar-refractivity contribution in [3.8, 4) is 0 Å². The van der Waals surface area contributed by atoms with Gasteiger partial charge < -0.3 is 14.7 Å². The third-order valence-corrected chi connectivity index (χ3v) is 3.10. The van der Waals surface area contributed by atoms with Crippen molar-refractivity contribution in [3.05, 3.63) is 12.2 Å². The van der Waals surface area contributed by atoms with Gasteiger partial charge in [-0.2, -0.15) is 4.98 Å². The zero-order valence-electron chi connectivity index (χ0n) is 9.85. The number of nitrogens with one attached hydrogen (secondary N) is 1. The van der Waals surface area contributed by atoms with Crippen LogP contribution < -0.4 is 5.32 Å². The lowest BCUT2D eigenvalue weighted by Crippen LogP contribution is -2.27. The van der Waals surface area contributed by atoms with E-state index in [1.54, 1.807) is 0 Å². The normalized spacial score (nSPS) is 21.7. The highest BCUT2D eigenvalue weighted by molar-refractivity contribution is 4.81. The van der Waals surface area contributed by atoms with Crippen LogP contribution in [0.1, 0.15) is 19.2 Å². The number of hydrogen-bond acceptors (Lipinski definition) is 5. The Balaban J connectivity index is 1.65. The number of hydrogen-bond donors (Lipinski definition) is 1. The maximum atomic E-state index is 4.98. The van der Waals surface area contributed by atoms with Crippen molar-refractivity contribution in [1.82, 2.24) is 20.4 Å². The van der Waals surface area contributed by atoms with Gasteiger partial charge in [0.15, 0.2) is 6.33 Å². The van der Waals surface area contributed by atoms with Crippen LogP contribution in [0.3, 0.4) is 0 Å². The van der Waals surface area contributed by atoms with E-state index in [1.165, 1.54) is 25.8 Å². The average molecular weight is 224 g/mol. The minimum Gasteiger partial charge on any atom is -0.340 e. The van der Waals surface area contributed by atoms with E-state index >= 15 is 0 Å². The van der Waals surface area contributed by atoms with Crippen molar-refractivity contribution in [3.63, 3.8) is 0 Å². The molecule has 0 bridgehead atoms. The summed E-state index contributed by atoms with van der Waals surface area (Å²) in [6.07, 6.45) is 3.64. The first-order valence-corrected chi connectivity index (χ1v) is 6.07. The van der Waals surface area contributed by atoms with Crippen LogP contribution >= 0.6 is 0 Å². The molecule has 1 atom stereocenters. The third kappa shape index (κ3) is 3.28. The van der Waals surface area contributed by atoms with Crippen LogP contribution in [0.15, 0.2) is 10.9 Å². The van der Waals surface area contributed by atoms with Gasteiger partial charge in [-0.25, -0.2) is 0 Å². The molecule has 0 spiro atoms. The number of likely N-dealkylation sites (tertiary alicyclic amines) is 1. The highest BCUT2D eigenvalue weighted by Crippen LogP contribution is 2.15. The van der Waals surface area contributed by atoms with Crippen LogP contribution in [0.4, 0.5) is 0 Å². The predicted molar refractivity (Wildman–Crippen MR) is 61.1 cm³/mol. The number of aromatic nitrogens is 2. The summed E-state index contributed by atoms with van der Waals surface area (Å²) < 4.78 is 4.98. The molecule has 0 radical (unpaired) electrons. The highest BCUT2D eigenvalue weighted by Gasteiger charge is 2.21. The fourth-order valence-electron chi connectivity index (χ4n) is 2.19. The van der Waals surface area contributed by atoms with Crippen LogP contribution in [-0.2, 0) is 6.42 Å². The first-order chi connectivity index (χ1) is 7.88. The van der Waals surface area contributed by atoms with Gasteiger partial charge in [-0.3, -0.25) is 0 Å². The quantitative estimate of drug-likeness (QED) is 0.764. The summed E-state index contributed by atoms with van der Waals surface area (Å²) in [6, 6.07) is 0. The lowest BCUT2D eigenvalue weighted by atomic mass is 10.1. The lowest BCUT2D eigenvalue weighted by molar-refractivity contribution is 0.301. The molecule has 5 nitrogen and oxygen atoms in total. The van der Waals surface area contributed by atoms with Crippen LogP contribution in [0.5, 0.6) is 0 Å². The molecule has 0 aromatic carbocycles. The Kier molecular flexibility index (Phi) is 4.30. The molecule has 1 aromatic heterocycles. The van der Waals surface area contributed by atoms with Crippen LogP contribution in [0.2, 0.25) is 0 Å². The molecule has 2 heterocycles. The summed E-state index contributed by atoms with van der Waals surface area (Å²) in [4.78, 5) is 6.51. The van der Waals surface area contributed by atoms with Gasteiger partial charge in [0, 0.05) is 19.5 Å². The van der Waals surface area contributed by atoms with E-state index in [1.807, 2.05) is 0 Å². The van der Waals surface area contributed by atoms with E-state index in [2.05, 4.69) is 27.3 Å². The SMILES string of the molecule is CCNCC1CCN(CCc2ncno2)C1. The van der Waals surface area contributed by atoms with Crippen molar-refractivity contribution in [2.45, 2.75) is 19.8 Å². The predicted octanol–water partition coefficient (Wildman–Crippen LogP) is 0.543. The topological polar surface area (TPSA) is 54.2 Å². The summed E-state index contributed by atoms with van der Waals surface area (Å²) >= 11 is 0. The molecule has 2 rings (SSSR count). The molecule has 1 unspecified atom stereocenters. The van der Waals surface area contributed by atoms with Gasteiger partial charge in [0.05, 0.1) is 0 Å². The molecule has 0 amide bonds. The van der Waals surface area contributed by atoms with Crippen molar-refractivity contribution in [2.75, 3.05) is 32.7 Å². The molecule has 1 saturated heterocycles. The second-order valence-electron chi connectivity index (χ2n) is 4.35. The third-order valence-electron chi connectivity index (χ3n) is 3.10. The zero-order valence-corrected chi connectivity index (χ0v) is 9.85. The Morgan fingerprint density at radius 2 is 2.56 bits per heavy atom. The van der Waals surface area contributed by atoms with Gasteiger partial charge >= 0.3 is 0 Å². The van der Waals surface area contributed by atoms with Gasteiger partial charge in [-0.15, -0.1) is 0 Å². The van der Waals surface area contributed by atoms with E-state index in [4.69, 9.17) is 4.52 Å². The molecule has 1 N–H and O–H groups in total. The van der Waals surface area contributed by atoms with Crippen molar-refractivity contribution >= 4 is 0 Å². The smallest absolute Gasteiger partial charge is 0.227 e. The zero-order chi connectivity index (χ0) is 11.2. The minimum atomic E-state index is 0.745. The molecule has 0 saturated carbocycles. The Hall–Kier alpha value is -0.940. The van der Waals surface area contributed by atoms with Crippen molar-refractivity contribution < 1.29 is 4.52 Å². The second kappa shape index (κ2) is 5.96. The lowest BCUT2D eigenvalue weighted by Gasteiger charge is -2.14. The number of nitrogens with zero attached hydrogens (tertiary/aromatic N) is 3. The summed E-state index contributed by atoms with van der Waals surface area (Å²) in [7, 11) is 0. The Morgan fingerprint density at radius 1 is 1.62 bits per heavy atom. The molecule has 1 fully saturated rings. The van der Waals surface area contributed by atoms with Gasteiger partial charge in [-0.05, 0) is 32.0 Å². The van der Waals surface area contributed by atoms with E-state index in [-0.39, 0.29) is 0 Å². The molecule has 16 heavy (non-hydrogen) atoms. The first-order valence-electron chi connectivity index (χ1n) is 6.07. The Labute approximate surface area is 96.2 Å². The molecule has 1 aliphatic heterocycles. The molecule has 1 aliphatic rings. The molecule has 0 aliphatic carbocycles. The highest BCUT2D eigenvalue weighted by atomic mass is 16.5. The van der Waals surface area contributed by atoms with Crippen LogP contribution in [-0.4, -0.2) is 47.8 Å². The average Bonchev–Trinajstić information content (AvgIpc) is 2.95.